The van der Waals surface area contributed by atoms with E-state index in [-0.39, 0.29) is 0 Å². The Hall–Kier alpha value is -7.72. The van der Waals surface area contributed by atoms with Crippen molar-refractivity contribution in [2.75, 3.05) is 4.90 Å². The highest BCUT2D eigenvalue weighted by molar-refractivity contribution is 7.26. The van der Waals surface area contributed by atoms with E-state index in [1.807, 2.05) is 11.3 Å². The molecular weight excluding hydrogens is 757 g/mol. The van der Waals surface area contributed by atoms with Gasteiger partial charge in [0.05, 0.1) is 16.7 Å². The van der Waals surface area contributed by atoms with Gasteiger partial charge in [-0.05, 0) is 105 Å². The molecule has 0 spiro atoms. The lowest BCUT2D eigenvalue weighted by atomic mass is 9.95. The SMILES string of the molecule is c1ccc(-c2cc(-c3ccccc3)c3c(c2)c2ccc(N(c4cccc(-c5cccc6ccccc56)c4)c4cccc5sc6ccccc6c45)cc2n3-c2ccccc2)cc1. The highest BCUT2D eigenvalue weighted by Crippen LogP contribution is 2.48. The van der Waals surface area contributed by atoms with Crippen molar-refractivity contribution in [3.63, 3.8) is 0 Å². The lowest BCUT2D eigenvalue weighted by Gasteiger charge is -2.27. The molecule has 286 valence electrons. The van der Waals surface area contributed by atoms with Gasteiger partial charge in [0.2, 0.25) is 0 Å². The standard InChI is InChI=1S/C58H38N2S/c1-4-17-39(18-5-1)43-36-51(41-19-6-2-7-20-41)58-52(37-43)49-34-33-46(38-54(49)60(58)44-24-8-3-9-25-44)59(53-30-16-32-56-57(53)50-28-12-13-31-55(50)61-56)45-26-14-23-42(35-45)48-29-15-22-40-21-10-11-27-47(40)48/h1-38H. The van der Waals surface area contributed by atoms with Gasteiger partial charge in [-0.3, -0.25) is 0 Å². The molecule has 10 aromatic carbocycles. The molecule has 3 heteroatoms. The molecule has 0 fully saturated rings. The van der Waals surface area contributed by atoms with Gasteiger partial charge in [0.15, 0.2) is 0 Å². The number of nitrogens with zero attached hydrogens (tertiary/aromatic N) is 2. The van der Waals surface area contributed by atoms with Crippen LogP contribution < -0.4 is 4.90 Å². The van der Waals surface area contributed by atoms with Crippen LogP contribution in [0.4, 0.5) is 17.1 Å². The second-order valence-electron chi connectivity index (χ2n) is 15.7. The molecule has 0 saturated carbocycles. The van der Waals surface area contributed by atoms with Gasteiger partial charge in [0, 0.05) is 53.6 Å². The van der Waals surface area contributed by atoms with Gasteiger partial charge in [0.25, 0.3) is 0 Å². The molecule has 0 radical (unpaired) electrons. The number of hydrogen-bond acceptors (Lipinski definition) is 2. The fourth-order valence-corrected chi connectivity index (χ4v) is 10.5. The topological polar surface area (TPSA) is 8.17 Å². The van der Waals surface area contributed by atoms with Gasteiger partial charge >= 0.3 is 0 Å². The van der Waals surface area contributed by atoms with Gasteiger partial charge in [-0.1, -0.05) is 164 Å². The molecule has 0 aliphatic rings. The maximum Gasteiger partial charge on any atom is 0.0619 e. The molecule has 0 bridgehead atoms. The average molecular weight is 795 g/mol. The van der Waals surface area contributed by atoms with Crippen LogP contribution in [0.2, 0.25) is 0 Å². The molecule has 2 nitrogen and oxygen atoms in total. The lowest BCUT2D eigenvalue weighted by Crippen LogP contribution is -2.10. The minimum Gasteiger partial charge on any atom is -0.310 e. The molecule has 2 aromatic heterocycles. The Kier molecular flexibility index (Phi) is 8.39. The quantitative estimate of drug-likeness (QED) is 0.156. The lowest BCUT2D eigenvalue weighted by molar-refractivity contribution is 1.18. The van der Waals surface area contributed by atoms with Crippen molar-refractivity contribution >= 4 is 81.1 Å². The second-order valence-corrected chi connectivity index (χ2v) is 16.8. The summed E-state index contributed by atoms with van der Waals surface area (Å²) in [5.74, 6) is 0. The van der Waals surface area contributed by atoms with Crippen LogP contribution in [-0.2, 0) is 0 Å². The number of benzene rings is 10. The first kappa shape index (κ1) is 35.2. The maximum atomic E-state index is 2.48. The highest BCUT2D eigenvalue weighted by atomic mass is 32.1. The summed E-state index contributed by atoms with van der Waals surface area (Å²) in [6.45, 7) is 0. The highest BCUT2D eigenvalue weighted by Gasteiger charge is 2.23. The Balaban J connectivity index is 1.17. The number of anilines is 3. The molecule has 0 amide bonds. The van der Waals surface area contributed by atoms with E-state index in [0.29, 0.717) is 0 Å². The number of para-hydroxylation sites is 1. The largest absolute Gasteiger partial charge is 0.310 e. The van der Waals surface area contributed by atoms with Gasteiger partial charge in [-0.25, -0.2) is 0 Å². The Labute approximate surface area is 358 Å². The third kappa shape index (κ3) is 5.93. The van der Waals surface area contributed by atoms with E-state index >= 15 is 0 Å². The smallest absolute Gasteiger partial charge is 0.0619 e. The first-order valence-corrected chi connectivity index (χ1v) is 21.7. The summed E-state index contributed by atoms with van der Waals surface area (Å²) in [6.07, 6.45) is 0. The van der Waals surface area contributed by atoms with Gasteiger partial charge in [-0.15, -0.1) is 11.3 Å². The molecular formula is C58H38N2S. The normalized spacial score (nSPS) is 11.6. The Bertz CT molecular complexity index is 3580. The predicted molar refractivity (Wildman–Crippen MR) is 262 cm³/mol. The molecule has 61 heavy (non-hydrogen) atoms. The minimum absolute atomic E-state index is 1.09. The number of hydrogen-bond donors (Lipinski definition) is 0. The molecule has 12 aromatic rings. The summed E-state index contributed by atoms with van der Waals surface area (Å²) in [7, 11) is 0. The number of rotatable bonds is 7. The van der Waals surface area contributed by atoms with Gasteiger partial charge in [-0.2, -0.15) is 0 Å². The fraction of sp³-hybridized carbons (Fsp3) is 0. The van der Waals surface area contributed by atoms with E-state index in [0.717, 1.165) is 28.3 Å². The predicted octanol–water partition coefficient (Wildman–Crippen LogP) is 16.8. The Morgan fingerprint density at radius 1 is 0.361 bits per heavy atom. The summed E-state index contributed by atoms with van der Waals surface area (Å²) >= 11 is 1.86. The molecule has 0 aliphatic carbocycles. The van der Waals surface area contributed by atoms with Crippen LogP contribution in [0.25, 0.3) is 91.8 Å². The van der Waals surface area contributed by atoms with Crippen molar-refractivity contribution in [2.45, 2.75) is 0 Å². The molecule has 0 unspecified atom stereocenters. The third-order valence-electron chi connectivity index (χ3n) is 12.1. The molecule has 2 heterocycles. The van der Waals surface area contributed by atoms with E-state index in [2.05, 4.69) is 240 Å². The second kappa shape index (κ2) is 14.5. The fourth-order valence-electron chi connectivity index (χ4n) is 9.41. The minimum atomic E-state index is 1.09. The number of aromatic nitrogens is 1. The summed E-state index contributed by atoms with van der Waals surface area (Å²) in [5.41, 5.74) is 14.0. The van der Waals surface area contributed by atoms with E-state index in [1.54, 1.807) is 0 Å². The van der Waals surface area contributed by atoms with Crippen molar-refractivity contribution in [1.82, 2.24) is 4.57 Å². The summed E-state index contributed by atoms with van der Waals surface area (Å²) in [6, 6.07) is 84.3. The molecule has 0 saturated heterocycles. The first-order chi connectivity index (χ1) is 30.3. The van der Waals surface area contributed by atoms with Crippen LogP contribution in [0.5, 0.6) is 0 Å². The van der Waals surface area contributed by atoms with Crippen LogP contribution >= 0.6 is 11.3 Å². The zero-order valence-corrected chi connectivity index (χ0v) is 34.1. The van der Waals surface area contributed by atoms with E-state index in [4.69, 9.17) is 0 Å². The Morgan fingerprint density at radius 2 is 1.00 bits per heavy atom. The van der Waals surface area contributed by atoms with Crippen LogP contribution in [-0.4, -0.2) is 4.57 Å². The average Bonchev–Trinajstić information content (AvgIpc) is 3.88. The van der Waals surface area contributed by atoms with Crippen LogP contribution in [0.3, 0.4) is 0 Å². The van der Waals surface area contributed by atoms with Gasteiger partial charge < -0.3 is 9.47 Å². The van der Waals surface area contributed by atoms with Crippen molar-refractivity contribution in [2.24, 2.45) is 0 Å². The third-order valence-corrected chi connectivity index (χ3v) is 13.3. The van der Waals surface area contributed by atoms with Crippen LogP contribution in [0.15, 0.2) is 231 Å². The molecule has 0 N–H and O–H groups in total. The van der Waals surface area contributed by atoms with Crippen molar-refractivity contribution in [1.29, 1.82) is 0 Å². The molecule has 12 rings (SSSR count). The first-order valence-electron chi connectivity index (χ1n) is 20.8. The summed E-state index contributed by atoms with van der Waals surface area (Å²) in [5, 5.41) is 7.45. The van der Waals surface area contributed by atoms with Crippen molar-refractivity contribution < 1.29 is 0 Å². The van der Waals surface area contributed by atoms with Gasteiger partial charge in [0.1, 0.15) is 0 Å². The Morgan fingerprint density at radius 3 is 1.84 bits per heavy atom. The van der Waals surface area contributed by atoms with E-state index in [1.165, 1.54) is 80.6 Å². The van der Waals surface area contributed by atoms with Crippen molar-refractivity contribution in [3.8, 4) is 39.1 Å². The van der Waals surface area contributed by atoms with E-state index in [9.17, 15) is 0 Å². The van der Waals surface area contributed by atoms with E-state index < -0.39 is 0 Å². The number of fused-ring (bicyclic) bond motifs is 7. The van der Waals surface area contributed by atoms with Crippen LogP contribution in [0.1, 0.15) is 0 Å². The molecule has 0 aliphatic heterocycles. The summed E-state index contributed by atoms with van der Waals surface area (Å²) < 4.78 is 5.04. The van der Waals surface area contributed by atoms with Crippen molar-refractivity contribution in [3.05, 3.63) is 231 Å². The maximum absolute atomic E-state index is 2.48. The summed E-state index contributed by atoms with van der Waals surface area (Å²) in [4.78, 5) is 2.48. The van der Waals surface area contributed by atoms with Crippen LogP contribution in [0, 0.1) is 0 Å². The zero-order valence-electron chi connectivity index (χ0n) is 33.2. The monoisotopic (exact) mass is 794 g/mol. The number of thiophene rings is 1. The molecule has 0 atom stereocenters. The zero-order chi connectivity index (χ0) is 40.3.